The molecule has 1 N–H and O–H groups in total. The van der Waals surface area contributed by atoms with E-state index >= 15 is 0 Å². The van der Waals surface area contributed by atoms with E-state index in [-0.39, 0.29) is 11.8 Å². The Hall–Kier alpha value is -2.92. The van der Waals surface area contributed by atoms with Gasteiger partial charge in [-0.15, -0.1) is 0 Å². The van der Waals surface area contributed by atoms with Crippen LogP contribution in [0.4, 0.5) is 4.79 Å². The topological polar surface area (TPSA) is 49.8 Å². The van der Waals surface area contributed by atoms with Gasteiger partial charge in [-0.1, -0.05) is 66.4 Å². The molecule has 0 saturated heterocycles. The molecule has 4 nitrogen and oxygen atoms in total. The van der Waals surface area contributed by atoms with Crippen LogP contribution in [-0.4, -0.2) is 28.2 Å². The zero-order valence-corrected chi connectivity index (χ0v) is 19.1. The number of hydrogen-bond donors (Lipinski definition) is 1. The summed E-state index contributed by atoms with van der Waals surface area (Å²) in [6.07, 6.45) is 0.392. The second-order valence-electron chi connectivity index (χ2n) is 8.34. The smallest absolute Gasteiger partial charge is 0.410 e. The Balaban J connectivity index is 1.75. The van der Waals surface area contributed by atoms with Gasteiger partial charge in [-0.3, -0.25) is 0 Å². The third kappa shape index (κ3) is 7.37. The first-order valence-corrected chi connectivity index (χ1v) is 11.2. The monoisotopic (exact) mass is 435 g/mol. The number of benzene rings is 3. The number of aromatic hydroxyl groups is 1. The summed E-state index contributed by atoms with van der Waals surface area (Å²) < 4.78 is 5.65. The number of hydrogen-bond acceptors (Lipinski definition) is 4. The van der Waals surface area contributed by atoms with E-state index in [0.29, 0.717) is 19.5 Å². The lowest BCUT2D eigenvalue weighted by Gasteiger charge is -2.28. The van der Waals surface area contributed by atoms with Gasteiger partial charge in [0.05, 0.1) is 0 Å². The molecule has 3 rings (SSSR count). The summed E-state index contributed by atoms with van der Waals surface area (Å²) in [6.45, 7) is 6.69. The molecule has 0 radical (unpaired) electrons. The predicted octanol–water partition coefficient (Wildman–Crippen LogP) is 6.52. The van der Waals surface area contributed by atoms with Crippen molar-refractivity contribution in [1.29, 1.82) is 0 Å². The molecule has 5 heteroatoms. The molecule has 162 valence electrons. The number of rotatable bonds is 7. The van der Waals surface area contributed by atoms with Gasteiger partial charge in [-0.05, 0) is 62.6 Å². The minimum absolute atomic E-state index is 0.251. The van der Waals surface area contributed by atoms with Crippen LogP contribution < -0.4 is 0 Å². The van der Waals surface area contributed by atoms with Crippen LogP contribution in [-0.2, 0) is 17.7 Å². The zero-order chi connectivity index (χ0) is 22.3. The fourth-order valence-electron chi connectivity index (χ4n) is 3.10. The van der Waals surface area contributed by atoms with Gasteiger partial charge in [0, 0.05) is 22.9 Å². The molecule has 0 aromatic heterocycles. The molecule has 3 aromatic carbocycles. The molecule has 0 bridgehead atoms. The molecule has 0 spiro atoms. The Morgan fingerprint density at radius 2 is 1.68 bits per heavy atom. The van der Waals surface area contributed by atoms with E-state index in [1.165, 1.54) is 0 Å². The van der Waals surface area contributed by atoms with Crippen molar-refractivity contribution in [2.24, 2.45) is 0 Å². The summed E-state index contributed by atoms with van der Waals surface area (Å²) in [6, 6.07) is 25.4. The molecule has 31 heavy (non-hydrogen) atoms. The SMILES string of the molecule is CC(C)(C)OC(=O)N(CCc1ccccc1Sc1cccc(O)c1)Cc1ccccc1. The molecule has 0 aliphatic carbocycles. The number of ether oxygens (including phenoxy) is 1. The van der Waals surface area contributed by atoms with Crippen LogP contribution in [0.3, 0.4) is 0 Å². The highest BCUT2D eigenvalue weighted by Crippen LogP contribution is 2.32. The van der Waals surface area contributed by atoms with Gasteiger partial charge in [-0.25, -0.2) is 4.79 Å². The van der Waals surface area contributed by atoms with Crippen molar-refractivity contribution < 1.29 is 14.6 Å². The van der Waals surface area contributed by atoms with Crippen molar-refractivity contribution in [3.63, 3.8) is 0 Å². The quantitative estimate of drug-likeness (QED) is 0.459. The normalized spacial score (nSPS) is 11.2. The Bertz CT molecular complexity index is 999. The van der Waals surface area contributed by atoms with Crippen LogP contribution in [0.15, 0.2) is 88.7 Å². The van der Waals surface area contributed by atoms with Gasteiger partial charge in [0.1, 0.15) is 11.4 Å². The first kappa shape index (κ1) is 22.8. The van der Waals surface area contributed by atoms with Gasteiger partial charge in [0.15, 0.2) is 0 Å². The van der Waals surface area contributed by atoms with Crippen molar-refractivity contribution in [2.45, 2.75) is 49.1 Å². The van der Waals surface area contributed by atoms with Crippen LogP contribution in [0.2, 0.25) is 0 Å². The molecule has 1 amide bonds. The molecular formula is C26H29NO3S. The standard InChI is InChI=1S/C26H29NO3S/c1-26(2,3)30-25(29)27(19-20-10-5-4-6-11-20)17-16-21-12-7-8-15-24(21)31-23-14-9-13-22(28)18-23/h4-15,18,28H,16-17,19H2,1-3H3. The van der Waals surface area contributed by atoms with Crippen molar-refractivity contribution in [2.75, 3.05) is 6.54 Å². The van der Waals surface area contributed by atoms with E-state index < -0.39 is 5.60 Å². The Morgan fingerprint density at radius 1 is 0.968 bits per heavy atom. The summed E-state index contributed by atoms with van der Waals surface area (Å²) in [5, 5.41) is 9.76. The third-order valence-corrected chi connectivity index (χ3v) is 5.64. The van der Waals surface area contributed by atoms with E-state index in [9.17, 15) is 9.90 Å². The first-order valence-electron chi connectivity index (χ1n) is 10.4. The number of phenols is 1. The minimum Gasteiger partial charge on any atom is -0.508 e. The Kier molecular flexibility index (Phi) is 7.64. The lowest BCUT2D eigenvalue weighted by atomic mass is 10.1. The highest BCUT2D eigenvalue weighted by molar-refractivity contribution is 7.99. The molecule has 0 aliphatic rings. The van der Waals surface area contributed by atoms with E-state index in [2.05, 4.69) is 12.1 Å². The fraction of sp³-hybridized carbons (Fsp3) is 0.269. The molecular weight excluding hydrogens is 406 g/mol. The number of nitrogens with zero attached hydrogens (tertiary/aromatic N) is 1. The summed E-state index contributed by atoms with van der Waals surface area (Å²) in [7, 11) is 0. The summed E-state index contributed by atoms with van der Waals surface area (Å²) in [5.41, 5.74) is 1.67. The molecule has 3 aromatic rings. The fourth-order valence-corrected chi connectivity index (χ4v) is 4.13. The van der Waals surface area contributed by atoms with E-state index in [1.54, 1.807) is 28.8 Å². The number of carbonyl (C=O) groups is 1. The van der Waals surface area contributed by atoms with Crippen molar-refractivity contribution in [3.05, 3.63) is 90.0 Å². The third-order valence-electron chi connectivity index (χ3n) is 4.54. The highest BCUT2D eigenvalue weighted by Gasteiger charge is 2.22. The number of phenolic OH excluding ortho intramolecular Hbond substituents is 1. The van der Waals surface area contributed by atoms with Crippen LogP contribution in [0.1, 0.15) is 31.9 Å². The van der Waals surface area contributed by atoms with E-state index in [1.807, 2.05) is 75.4 Å². The summed E-state index contributed by atoms with van der Waals surface area (Å²) in [4.78, 5) is 16.7. The van der Waals surface area contributed by atoms with Crippen molar-refractivity contribution in [1.82, 2.24) is 4.90 Å². The number of amides is 1. The summed E-state index contributed by atoms with van der Waals surface area (Å²) >= 11 is 1.61. The predicted molar refractivity (Wildman–Crippen MR) is 125 cm³/mol. The largest absolute Gasteiger partial charge is 0.508 e. The van der Waals surface area contributed by atoms with Crippen molar-refractivity contribution in [3.8, 4) is 5.75 Å². The van der Waals surface area contributed by atoms with Gasteiger partial charge in [0.2, 0.25) is 0 Å². The average Bonchev–Trinajstić information content (AvgIpc) is 2.71. The second-order valence-corrected chi connectivity index (χ2v) is 9.46. The van der Waals surface area contributed by atoms with E-state index in [0.717, 1.165) is 20.9 Å². The van der Waals surface area contributed by atoms with Crippen LogP contribution >= 0.6 is 11.8 Å². The highest BCUT2D eigenvalue weighted by atomic mass is 32.2. The molecule has 0 heterocycles. The van der Waals surface area contributed by atoms with Crippen LogP contribution in [0.5, 0.6) is 5.75 Å². The molecule has 0 fully saturated rings. The Labute approximate surface area is 188 Å². The first-order chi connectivity index (χ1) is 14.8. The van der Waals surface area contributed by atoms with Gasteiger partial charge < -0.3 is 14.7 Å². The second kappa shape index (κ2) is 10.4. The zero-order valence-electron chi connectivity index (χ0n) is 18.2. The van der Waals surface area contributed by atoms with Gasteiger partial charge in [0.25, 0.3) is 0 Å². The molecule has 0 atom stereocenters. The van der Waals surface area contributed by atoms with Gasteiger partial charge in [-0.2, -0.15) is 0 Å². The van der Waals surface area contributed by atoms with Crippen LogP contribution in [0, 0.1) is 0 Å². The lowest BCUT2D eigenvalue weighted by Crippen LogP contribution is -2.37. The maximum absolute atomic E-state index is 12.9. The van der Waals surface area contributed by atoms with Crippen LogP contribution in [0.25, 0.3) is 0 Å². The maximum atomic E-state index is 12.9. The van der Waals surface area contributed by atoms with Gasteiger partial charge >= 0.3 is 6.09 Å². The van der Waals surface area contributed by atoms with Crippen molar-refractivity contribution >= 4 is 17.9 Å². The minimum atomic E-state index is -0.547. The Morgan fingerprint density at radius 3 is 2.39 bits per heavy atom. The maximum Gasteiger partial charge on any atom is 0.410 e. The molecule has 0 saturated carbocycles. The average molecular weight is 436 g/mol. The lowest BCUT2D eigenvalue weighted by molar-refractivity contribution is 0.0235. The summed E-state index contributed by atoms with van der Waals surface area (Å²) in [5.74, 6) is 0.251. The molecule has 0 aliphatic heterocycles. The number of carbonyl (C=O) groups excluding carboxylic acids is 1. The molecule has 0 unspecified atom stereocenters. The van der Waals surface area contributed by atoms with E-state index in [4.69, 9.17) is 4.74 Å².